The maximum Gasteiger partial charge on any atom is 0.263 e. The zero-order chi connectivity index (χ0) is 15.6. The third-order valence-electron chi connectivity index (χ3n) is 2.60. The Balaban J connectivity index is 2.41. The van der Waals surface area contributed by atoms with Crippen LogP contribution in [0.1, 0.15) is 5.56 Å². The van der Waals surface area contributed by atoms with E-state index < -0.39 is 10.0 Å². The molecule has 0 saturated carbocycles. The van der Waals surface area contributed by atoms with Crippen molar-refractivity contribution in [1.82, 2.24) is 0 Å². The lowest BCUT2D eigenvalue weighted by Gasteiger charge is -2.11. The molecule has 0 radical (unpaired) electrons. The molecule has 0 amide bonds. The van der Waals surface area contributed by atoms with Crippen molar-refractivity contribution in [1.29, 1.82) is 0 Å². The van der Waals surface area contributed by atoms with E-state index in [0.29, 0.717) is 16.3 Å². The monoisotopic (exact) mass is 360 g/mol. The van der Waals surface area contributed by atoms with Crippen LogP contribution in [0.3, 0.4) is 0 Å². The molecule has 0 heterocycles. The van der Waals surface area contributed by atoms with E-state index in [0.717, 1.165) is 0 Å². The fourth-order valence-electron chi connectivity index (χ4n) is 1.59. The Morgan fingerprint density at radius 2 is 1.71 bits per heavy atom. The van der Waals surface area contributed by atoms with E-state index in [1.165, 1.54) is 12.1 Å². The summed E-state index contributed by atoms with van der Waals surface area (Å²) >= 11 is 16.5. The molecular weight excluding hydrogens is 351 g/mol. The summed E-state index contributed by atoms with van der Waals surface area (Å²) in [7, 11) is -3.85. The van der Waals surface area contributed by atoms with Gasteiger partial charge in [-0.1, -0.05) is 41.5 Å². The Kier molecular flexibility index (Phi) is 4.73. The van der Waals surface area contributed by atoms with Crippen LogP contribution in [0.2, 0.25) is 10.0 Å². The van der Waals surface area contributed by atoms with Gasteiger partial charge in [-0.2, -0.15) is 0 Å². The van der Waals surface area contributed by atoms with Gasteiger partial charge < -0.3 is 5.73 Å². The number of rotatable bonds is 4. The standard InChI is InChI=1S/C13H10Cl2N2O2S2/c14-9-2-4-10(5-3-9)17-21(18,19)12-7-8(13(16)20)1-6-11(12)15/h1-7,17H,(H2,16,20). The van der Waals surface area contributed by atoms with Crippen LogP contribution in [0.25, 0.3) is 0 Å². The van der Waals surface area contributed by atoms with E-state index >= 15 is 0 Å². The summed E-state index contributed by atoms with van der Waals surface area (Å²) in [4.78, 5) is -0.000902. The zero-order valence-electron chi connectivity index (χ0n) is 10.5. The minimum absolute atomic E-state index is 0.0801. The lowest BCUT2D eigenvalue weighted by Crippen LogP contribution is -2.15. The van der Waals surface area contributed by atoms with Crippen molar-refractivity contribution in [2.45, 2.75) is 4.90 Å². The molecule has 21 heavy (non-hydrogen) atoms. The molecule has 110 valence electrons. The Labute approximate surface area is 137 Å². The molecule has 4 nitrogen and oxygen atoms in total. The van der Waals surface area contributed by atoms with Crippen LogP contribution in [0, 0.1) is 0 Å². The first-order valence-electron chi connectivity index (χ1n) is 5.67. The fraction of sp³-hybridized carbons (Fsp3) is 0. The van der Waals surface area contributed by atoms with Crippen molar-refractivity contribution in [2.24, 2.45) is 5.73 Å². The van der Waals surface area contributed by atoms with Gasteiger partial charge in [-0.15, -0.1) is 0 Å². The predicted molar refractivity (Wildman–Crippen MR) is 89.6 cm³/mol. The summed E-state index contributed by atoms with van der Waals surface area (Å²) in [6.45, 7) is 0. The van der Waals surface area contributed by atoms with E-state index in [2.05, 4.69) is 4.72 Å². The number of halogens is 2. The summed E-state index contributed by atoms with van der Waals surface area (Å²) in [6.07, 6.45) is 0. The third kappa shape index (κ3) is 3.85. The number of benzene rings is 2. The molecule has 2 aromatic carbocycles. The average Bonchev–Trinajstić information content (AvgIpc) is 2.41. The molecule has 0 aromatic heterocycles. The van der Waals surface area contributed by atoms with Crippen LogP contribution >= 0.6 is 35.4 Å². The number of hydrogen-bond acceptors (Lipinski definition) is 3. The average molecular weight is 361 g/mol. The normalized spacial score (nSPS) is 11.1. The van der Waals surface area contributed by atoms with E-state index in [9.17, 15) is 8.42 Å². The van der Waals surface area contributed by atoms with Crippen LogP contribution in [0.5, 0.6) is 0 Å². The number of nitrogens with two attached hydrogens (primary N) is 1. The van der Waals surface area contributed by atoms with Crippen molar-refractivity contribution in [2.75, 3.05) is 4.72 Å². The number of hydrogen-bond donors (Lipinski definition) is 2. The lowest BCUT2D eigenvalue weighted by atomic mass is 10.2. The molecule has 2 rings (SSSR count). The van der Waals surface area contributed by atoms with Gasteiger partial charge in [-0.05, 0) is 36.4 Å². The van der Waals surface area contributed by atoms with E-state index in [1.807, 2.05) is 0 Å². The highest BCUT2D eigenvalue weighted by molar-refractivity contribution is 7.92. The van der Waals surface area contributed by atoms with E-state index in [4.69, 9.17) is 41.2 Å². The van der Waals surface area contributed by atoms with Gasteiger partial charge in [0.15, 0.2) is 0 Å². The SMILES string of the molecule is NC(=S)c1ccc(Cl)c(S(=O)(=O)Nc2ccc(Cl)cc2)c1. The van der Waals surface area contributed by atoms with Crippen molar-refractivity contribution in [3.63, 3.8) is 0 Å². The molecule has 0 atom stereocenters. The Morgan fingerprint density at radius 3 is 2.29 bits per heavy atom. The second kappa shape index (κ2) is 6.19. The maximum atomic E-state index is 12.4. The Morgan fingerprint density at radius 1 is 1.10 bits per heavy atom. The predicted octanol–water partition coefficient (Wildman–Crippen LogP) is 3.43. The smallest absolute Gasteiger partial charge is 0.263 e. The van der Waals surface area contributed by atoms with Crippen LogP contribution in [0.15, 0.2) is 47.4 Å². The van der Waals surface area contributed by atoms with Gasteiger partial charge in [0, 0.05) is 16.3 Å². The molecule has 0 fully saturated rings. The zero-order valence-corrected chi connectivity index (χ0v) is 13.7. The van der Waals surface area contributed by atoms with Crippen LogP contribution in [-0.2, 0) is 10.0 Å². The Bertz CT molecular complexity index is 790. The minimum atomic E-state index is -3.85. The summed E-state index contributed by atoms with van der Waals surface area (Å²) in [5.74, 6) is 0. The highest BCUT2D eigenvalue weighted by Gasteiger charge is 2.19. The first kappa shape index (κ1) is 16.0. The molecule has 2 aromatic rings. The Hall–Kier alpha value is -1.34. The van der Waals surface area contributed by atoms with Gasteiger partial charge >= 0.3 is 0 Å². The second-order valence-corrected chi connectivity index (χ2v) is 7.06. The van der Waals surface area contributed by atoms with E-state index in [-0.39, 0.29) is 14.9 Å². The van der Waals surface area contributed by atoms with Gasteiger partial charge in [-0.25, -0.2) is 8.42 Å². The summed E-state index contributed by atoms with van der Waals surface area (Å²) in [6, 6.07) is 10.6. The van der Waals surface area contributed by atoms with Gasteiger partial charge in [0.25, 0.3) is 10.0 Å². The number of nitrogens with one attached hydrogen (secondary N) is 1. The van der Waals surface area contributed by atoms with Crippen molar-refractivity contribution >= 4 is 56.1 Å². The maximum absolute atomic E-state index is 12.4. The molecular formula is C13H10Cl2N2O2S2. The van der Waals surface area contributed by atoms with Crippen molar-refractivity contribution in [3.8, 4) is 0 Å². The van der Waals surface area contributed by atoms with Gasteiger partial charge in [0.05, 0.1) is 5.02 Å². The van der Waals surface area contributed by atoms with Gasteiger partial charge in [0.2, 0.25) is 0 Å². The first-order valence-corrected chi connectivity index (χ1v) is 8.32. The molecule has 0 aliphatic heterocycles. The molecule has 8 heteroatoms. The van der Waals surface area contributed by atoms with Crippen molar-refractivity contribution in [3.05, 3.63) is 58.1 Å². The molecule has 0 saturated heterocycles. The number of thiocarbonyl (C=S) groups is 1. The van der Waals surface area contributed by atoms with E-state index in [1.54, 1.807) is 30.3 Å². The summed E-state index contributed by atoms with van der Waals surface area (Å²) in [5.41, 5.74) is 6.30. The molecule has 0 spiro atoms. The largest absolute Gasteiger partial charge is 0.389 e. The highest BCUT2D eigenvalue weighted by Crippen LogP contribution is 2.25. The second-order valence-electron chi connectivity index (χ2n) is 4.12. The lowest BCUT2D eigenvalue weighted by molar-refractivity contribution is 0.601. The van der Waals surface area contributed by atoms with Crippen LogP contribution in [-0.4, -0.2) is 13.4 Å². The molecule has 0 aliphatic carbocycles. The summed E-state index contributed by atoms with van der Waals surface area (Å²) < 4.78 is 27.2. The highest BCUT2D eigenvalue weighted by atomic mass is 35.5. The third-order valence-corrected chi connectivity index (χ3v) is 4.95. The molecule has 0 unspecified atom stereocenters. The quantitative estimate of drug-likeness (QED) is 0.819. The molecule has 0 bridgehead atoms. The van der Waals surface area contributed by atoms with Crippen molar-refractivity contribution < 1.29 is 8.42 Å². The van der Waals surface area contributed by atoms with Crippen LogP contribution in [0.4, 0.5) is 5.69 Å². The molecule has 3 N–H and O–H groups in total. The van der Waals surface area contributed by atoms with Gasteiger partial charge in [-0.3, -0.25) is 4.72 Å². The molecule has 0 aliphatic rings. The summed E-state index contributed by atoms with van der Waals surface area (Å²) in [5, 5.41) is 0.586. The number of sulfonamides is 1. The first-order chi connectivity index (χ1) is 9.79. The number of anilines is 1. The van der Waals surface area contributed by atoms with Gasteiger partial charge in [0.1, 0.15) is 9.88 Å². The topological polar surface area (TPSA) is 72.2 Å². The minimum Gasteiger partial charge on any atom is -0.389 e. The van der Waals surface area contributed by atoms with Crippen LogP contribution < -0.4 is 10.5 Å². The fourth-order valence-corrected chi connectivity index (χ4v) is 3.43.